The second-order valence-corrected chi connectivity index (χ2v) is 12.1. The van der Waals surface area contributed by atoms with Crippen molar-refractivity contribution >= 4 is 34.4 Å². The fraction of sp³-hybridized carbons (Fsp3) is 0.389. The molecule has 1 saturated heterocycles. The second-order valence-electron chi connectivity index (χ2n) is 10.4. The molecule has 8 heteroatoms. The maximum atomic E-state index is 12.4. The van der Waals surface area contributed by atoms with Crippen molar-refractivity contribution in [2.45, 2.75) is 84.1 Å². The number of aliphatic imine (C=N–C) groups is 1. The number of thioether (sulfide) groups is 1. The minimum absolute atomic E-state index is 0.141. The maximum absolute atomic E-state index is 12.4. The van der Waals surface area contributed by atoms with Crippen LogP contribution in [0.15, 0.2) is 84.0 Å². The molecule has 2 aliphatic rings. The van der Waals surface area contributed by atoms with Gasteiger partial charge in [0.1, 0.15) is 17.5 Å². The van der Waals surface area contributed by atoms with Crippen LogP contribution in [0, 0.1) is 6.92 Å². The molecule has 44 heavy (non-hydrogen) atoms. The molecule has 0 bridgehead atoms. The first-order chi connectivity index (χ1) is 21.3. The Bertz CT molecular complexity index is 1400. The van der Waals surface area contributed by atoms with E-state index in [-0.39, 0.29) is 17.9 Å². The summed E-state index contributed by atoms with van der Waals surface area (Å²) in [5, 5.41) is 8.98. The third-order valence-corrected chi connectivity index (χ3v) is 9.01. The minimum atomic E-state index is -0.517. The van der Waals surface area contributed by atoms with Crippen LogP contribution >= 0.6 is 23.4 Å². The summed E-state index contributed by atoms with van der Waals surface area (Å²) >= 11 is 8.10. The van der Waals surface area contributed by atoms with Crippen LogP contribution in [0.5, 0.6) is 11.5 Å². The number of halogens is 1. The number of benzene rings is 3. The van der Waals surface area contributed by atoms with Crippen molar-refractivity contribution < 1.29 is 9.53 Å². The summed E-state index contributed by atoms with van der Waals surface area (Å²) in [6.45, 7) is 17.2. The van der Waals surface area contributed by atoms with Crippen LogP contribution in [-0.2, 0) is 4.79 Å². The lowest BCUT2D eigenvalue weighted by Crippen LogP contribution is -2.42. The summed E-state index contributed by atoms with van der Waals surface area (Å²) in [7, 11) is 0. The van der Waals surface area contributed by atoms with Gasteiger partial charge in [-0.05, 0) is 55.5 Å². The number of rotatable bonds is 10. The van der Waals surface area contributed by atoms with Crippen molar-refractivity contribution in [1.29, 1.82) is 0 Å². The summed E-state index contributed by atoms with van der Waals surface area (Å²) in [4.78, 5) is 17.2. The number of nitrogens with two attached hydrogens (primary N) is 1. The van der Waals surface area contributed by atoms with Gasteiger partial charge in [0.25, 0.3) is 0 Å². The van der Waals surface area contributed by atoms with Gasteiger partial charge in [0, 0.05) is 33.6 Å². The van der Waals surface area contributed by atoms with E-state index in [1.165, 1.54) is 5.56 Å². The van der Waals surface area contributed by atoms with E-state index in [2.05, 4.69) is 36.3 Å². The number of hydrogen-bond acceptors (Lipinski definition) is 5. The Labute approximate surface area is 272 Å². The zero-order valence-corrected chi connectivity index (χ0v) is 28.4. The number of nitrogens with zero attached hydrogens (tertiary/aromatic N) is 1. The van der Waals surface area contributed by atoms with Gasteiger partial charge in [-0.15, -0.1) is 0 Å². The monoisotopic (exact) mass is 634 g/mol. The molecule has 1 fully saturated rings. The lowest BCUT2D eigenvalue weighted by molar-refractivity contribution is -0.120. The highest BCUT2D eigenvalue weighted by molar-refractivity contribution is 8.14. The van der Waals surface area contributed by atoms with E-state index in [1.807, 2.05) is 89.2 Å². The molecule has 3 atom stereocenters. The highest BCUT2D eigenvalue weighted by atomic mass is 35.5. The third kappa shape index (κ3) is 8.60. The second kappa shape index (κ2) is 17.2. The molecule has 2 aliphatic heterocycles. The van der Waals surface area contributed by atoms with E-state index in [9.17, 15) is 4.79 Å². The molecule has 3 aromatic carbocycles. The van der Waals surface area contributed by atoms with Crippen LogP contribution < -0.4 is 21.1 Å². The summed E-state index contributed by atoms with van der Waals surface area (Å²) in [6.07, 6.45) is 2.26. The number of amides is 1. The number of hydrogen-bond donors (Lipinski definition) is 3. The molecule has 3 unspecified atom stereocenters. The summed E-state index contributed by atoms with van der Waals surface area (Å²) in [6, 6.07) is 21.7. The molecular weight excluding hydrogens is 588 g/mol. The molecule has 236 valence electrons. The van der Waals surface area contributed by atoms with Crippen molar-refractivity contribution in [2.75, 3.05) is 6.54 Å². The molecule has 3 aromatic rings. The van der Waals surface area contributed by atoms with Crippen LogP contribution in [0.3, 0.4) is 0 Å². The van der Waals surface area contributed by atoms with Gasteiger partial charge < -0.3 is 21.1 Å². The molecule has 0 aromatic heterocycles. The Kier molecular flexibility index (Phi) is 13.7. The van der Waals surface area contributed by atoms with Crippen LogP contribution in [0.4, 0.5) is 0 Å². The van der Waals surface area contributed by atoms with Gasteiger partial charge in [0.15, 0.2) is 5.17 Å². The fourth-order valence-corrected chi connectivity index (χ4v) is 6.55. The first kappa shape index (κ1) is 35.1. The Hall–Kier alpha value is -3.42. The number of fused-ring (bicyclic) bond motifs is 2. The number of primary amides is 1. The van der Waals surface area contributed by atoms with Gasteiger partial charge in [-0.25, -0.2) is 0 Å². The Morgan fingerprint density at radius 2 is 1.66 bits per heavy atom. The van der Waals surface area contributed by atoms with Gasteiger partial charge in [0.2, 0.25) is 5.91 Å². The normalized spacial score (nSPS) is 18.2. The first-order valence-electron chi connectivity index (χ1n) is 15.7. The number of carbonyl (C=O) groups excluding carboxylic acids is 1. The highest BCUT2D eigenvalue weighted by Crippen LogP contribution is 2.46. The molecule has 1 amide bonds. The van der Waals surface area contributed by atoms with Gasteiger partial charge >= 0.3 is 0 Å². The first-order valence-corrected chi connectivity index (χ1v) is 16.9. The number of para-hydroxylation sites is 2. The Morgan fingerprint density at radius 1 is 1.05 bits per heavy atom. The van der Waals surface area contributed by atoms with Crippen molar-refractivity contribution in [3.05, 3.63) is 106 Å². The summed E-state index contributed by atoms with van der Waals surface area (Å²) < 4.78 is 6.11. The van der Waals surface area contributed by atoms with Crippen molar-refractivity contribution in [1.82, 2.24) is 10.6 Å². The molecule has 0 spiro atoms. The smallest absolute Gasteiger partial charge is 0.239 e. The van der Waals surface area contributed by atoms with E-state index in [4.69, 9.17) is 27.1 Å². The largest absolute Gasteiger partial charge is 0.457 e. The highest BCUT2D eigenvalue weighted by Gasteiger charge is 2.31. The molecule has 0 radical (unpaired) electrons. The zero-order valence-electron chi connectivity index (χ0n) is 26.8. The van der Waals surface area contributed by atoms with Crippen LogP contribution in [-0.4, -0.2) is 28.9 Å². The molecule has 0 saturated carbocycles. The number of amidine groups is 1. The van der Waals surface area contributed by atoms with Crippen LogP contribution in [0.1, 0.15) is 88.1 Å². The maximum Gasteiger partial charge on any atom is 0.239 e. The van der Waals surface area contributed by atoms with E-state index >= 15 is 0 Å². The van der Waals surface area contributed by atoms with E-state index in [1.54, 1.807) is 11.8 Å². The Balaban J connectivity index is 0.00000127. The average Bonchev–Trinajstić information content (AvgIpc) is 3.42. The van der Waals surface area contributed by atoms with Crippen LogP contribution in [0.2, 0.25) is 5.02 Å². The predicted molar refractivity (Wildman–Crippen MR) is 188 cm³/mol. The lowest BCUT2D eigenvalue weighted by atomic mass is 9.85. The third-order valence-electron chi connectivity index (χ3n) is 7.49. The topological polar surface area (TPSA) is 88.7 Å². The van der Waals surface area contributed by atoms with Crippen LogP contribution in [0.25, 0.3) is 0 Å². The van der Waals surface area contributed by atoms with E-state index in [0.29, 0.717) is 18.2 Å². The summed E-state index contributed by atoms with van der Waals surface area (Å²) in [5.74, 6) is 1.06. The molecular formula is C36H47ClN4O2S. The number of unbranched alkanes of at least 4 members (excludes halogenated alkanes) is 1. The van der Waals surface area contributed by atoms with Crippen molar-refractivity contribution in [3.8, 4) is 11.5 Å². The number of ether oxygens (including phenoxy) is 1. The van der Waals surface area contributed by atoms with E-state index in [0.717, 1.165) is 56.9 Å². The zero-order chi connectivity index (χ0) is 32.2. The number of carbonyl (C=O) groups is 1. The van der Waals surface area contributed by atoms with Gasteiger partial charge in [-0.3, -0.25) is 9.79 Å². The van der Waals surface area contributed by atoms with Gasteiger partial charge in [-0.1, -0.05) is 113 Å². The van der Waals surface area contributed by atoms with Crippen molar-refractivity contribution in [3.63, 3.8) is 0 Å². The number of allylic oxidation sites excluding steroid dienone is 1. The Morgan fingerprint density at radius 3 is 2.25 bits per heavy atom. The summed E-state index contributed by atoms with van der Waals surface area (Å²) in [5.41, 5.74) is 10.8. The molecule has 2 heterocycles. The number of aryl methyl sites for hydroxylation is 1. The standard InChI is InChI=1S/C32H35ClN4O2S.2C2H6/c1-19-15-16-22(18-25(19)33)30-21(3)40-32(37-30)35-17-9-8-12-26(31(34)38)36-20(2)29-23-10-4-6-13-27(23)39-28-14-7-5-11-24(28)29;2*1-2/h4-7,10-11,13-16,18,21,26,29-30,36H,2,8-9,12,17H2,1,3H3,(H2,34,38)(H,35,37);2*1-2H3. The molecule has 4 N–H and O–H groups in total. The average molecular weight is 635 g/mol. The molecule has 5 rings (SSSR count). The minimum Gasteiger partial charge on any atom is -0.457 e. The van der Waals surface area contributed by atoms with Gasteiger partial charge in [-0.2, -0.15) is 0 Å². The quantitative estimate of drug-likeness (QED) is 0.194. The molecule has 6 nitrogen and oxygen atoms in total. The lowest BCUT2D eigenvalue weighted by Gasteiger charge is -2.31. The predicted octanol–water partition coefficient (Wildman–Crippen LogP) is 8.89. The SMILES string of the molecule is C=C(NC(CCCCN=C1NC(c2ccc(C)c(Cl)c2)C(C)S1)C(N)=O)C1c2ccccc2Oc2ccccc21.CC.CC. The number of nitrogens with one attached hydrogen (secondary N) is 2. The fourth-order valence-electron chi connectivity index (χ4n) is 5.29. The van der Waals surface area contributed by atoms with Gasteiger partial charge in [0.05, 0.1) is 12.0 Å². The van der Waals surface area contributed by atoms with E-state index < -0.39 is 6.04 Å². The van der Waals surface area contributed by atoms with Crippen molar-refractivity contribution in [2.24, 2.45) is 10.7 Å². The molecule has 0 aliphatic carbocycles.